The van der Waals surface area contributed by atoms with Crippen LogP contribution in [0.25, 0.3) is 0 Å². The molecule has 0 bridgehead atoms. The summed E-state index contributed by atoms with van der Waals surface area (Å²) in [6, 6.07) is 0. The fourth-order valence-electron chi connectivity index (χ4n) is 1.59. The Bertz CT molecular complexity index is 391. The normalized spacial score (nSPS) is 16.6. The van der Waals surface area contributed by atoms with Crippen LogP contribution in [0.4, 0.5) is 0 Å². The van der Waals surface area contributed by atoms with E-state index >= 15 is 0 Å². The minimum absolute atomic E-state index is 0.143. The van der Waals surface area contributed by atoms with E-state index in [1.165, 1.54) is 0 Å². The summed E-state index contributed by atoms with van der Waals surface area (Å²) in [5.41, 5.74) is -0.0260. The number of aliphatic carboxylic acids is 1. The predicted octanol–water partition coefficient (Wildman–Crippen LogP) is 4.76. The third kappa shape index (κ3) is 5.63. The van der Waals surface area contributed by atoms with Crippen LogP contribution in [0, 0.1) is 0 Å². The van der Waals surface area contributed by atoms with Crippen molar-refractivity contribution in [1.29, 1.82) is 0 Å². The molecule has 1 atom stereocenters. The first-order chi connectivity index (χ1) is 8.84. The van der Waals surface area contributed by atoms with Gasteiger partial charge in [-0.2, -0.15) is 0 Å². The van der Waals surface area contributed by atoms with E-state index in [0.717, 1.165) is 6.42 Å². The fraction of sp³-hybridized carbons (Fsp3) is 0.688. The second kappa shape index (κ2) is 6.72. The van der Waals surface area contributed by atoms with Crippen molar-refractivity contribution in [2.75, 3.05) is 0 Å². The number of rotatable bonds is 7. The number of allylic oxidation sites excluding steroid dienone is 1. The SMILES string of the molecule is C=CC(C)(CC/C=C(\C)C(=O)O)O[Si](C)(C)C(C)(C)C. The summed E-state index contributed by atoms with van der Waals surface area (Å²) in [7, 11) is -1.87. The van der Waals surface area contributed by atoms with Crippen LogP contribution < -0.4 is 0 Å². The molecule has 0 spiro atoms. The minimum Gasteiger partial charge on any atom is -0.478 e. The van der Waals surface area contributed by atoms with Crippen molar-refractivity contribution < 1.29 is 14.3 Å². The van der Waals surface area contributed by atoms with Crippen LogP contribution in [0.5, 0.6) is 0 Å². The van der Waals surface area contributed by atoms with Crippen LogP contribution in [0.3, 0.4) is 0 Å². The zero-order valence-corrected chi connectivity index (χ0v) is 15.0. The van der Waals surface area contributed by atoms with E-state index in [1.54, 1.807) is 13.0 Å². The van der Waals surface area contributed by atoms with Crippen LogP contribution in [-0.2, 0) is 9.22 Å². The van der Waals surface area contributed by atoms with Crippen molar-refractivity contribution >= 4 is 14.3 Å². The summed E-state index contributed by atoms with van der Waals surface area (Å²) in [5, 5.41) is 8.99. The lowest BCUT2D eigenvalue weighted by Crippen LogP contribution is -2.47. The molecule has 0 aromatic rings. The van der Waals surface area contributed by atoms with Gasteiger partial charge in [-0.25, -0.2) is 4.79 Å². The molecule has 0 fully saturated rings. The second-order valence-corrected chi connectivity index (χ2v) is 11.8. The largest absolute Gasteiger partial charge is 0.478 e. The van der Waals surface area contributed by atoms with Crippen LogP contribution in [0.1, 0.15) is 47.5 Å². The number of carboxylic acids is 1. The summed E-state index contributed by atoms with van der Waals surface area (Å²) < 4.78 is 6.43. The lowest BCUT2D eigenvalue weighted by Gasteiger charge is -2.43. The van der Waals surface area contributed by atoms with Crippen molar-refractivity contribution in [3.63, 3.8) is 0 Å². The monoisotopic (exact) mass is 298 g/mol. The van der Waals surface area contributed by atoms with Crippen LogP contribution >= 0.6 is 0 Å². The Labute approximate surface area is 124 Å². The summed E-state index contributed by atoms with van der Waals surface area (Å²) >= 11 is 0. The molecule has 1 unspecified atom stereocenters. The van der Waals surface area contributed by atoms with Gasteiger partial charge in [0.05, 0.1) is 5.60 Å². The van der Waals surface area contributed by atoms with Gasteiger partial charge in [-0.05, 0) is 44.8 Å². The Morgan fingerprint density at radius 1 is 1.30 bits per heavy atom. The topological polar surface area (TPSA) is 46.5 Å². The van der Waals surface area contributed by atoms with Gasteiger partial charge in [0.1, 0.15) is 0 Å². The Morgan fingerprint density at radius 3 is 2.15 bits per heavy atom. The van der Waals surface area contributed by atoms with Gasteiger partial charge in [-0.15, -0.1) is 6.58 Å². The second-order valence-electron chi connectivity index (χ2n) is 7.11. The van der Waals surface area contributed by atoms with Gasteiger partial charge in [-0.1, -0.05) is 32.9 Å². The molecule has 0 amide bonds. The standard InChI is InChI=1S/C16H30O3Si/c1-9-16(6,12-10-11-13(2)14(17)18)19-20(7,8)15(3,4)5/h9,11H,1,10,12H2,2-8H3,(H,17,18)/b13-11+. The number of hydrogen-bond acceptors (Lipinski definition) is 2. The highest BCUT2D eigenvalue weighted by Crippen LogP contribution is 2.40. The lowest BCUT2D eigenvalue weighted by molar-refractivity contribution is -0.132. The quantitative estimate of drug-likeness (QED) is 0.418. The third-order valence-electron chi connectivity index (χ3n) is 4.15. The molecule has 0 aromatic heterocycles. The fourth-order valence-corrected chi connectivity index (χ4v) is 3.25. The molecule has 0 aromatic carbocycles. The van der Waals surface area contributed by atoms with E-state index in [0.29, 0.717) is 12.0 Å². The Morgan fingerprint density at radius 2 is 1.80 bits per heavy atom. The zero-order valence-electron chi connectivity index (χ0n) is 14.0. The Hall–Kier alpha value is -0.873. The van der Waals surface area contributed by atoms with Crippen LogP contribution in [0.15, 0.2) is 24.3 Å². The molecule has 4 heteroatoms. The lowest BCUT2D eigenvalue weighted by atomic mass is 10.00. The number of hydrogen-bond donors (Lipinski definition) is 1. The van der Waals surface area contributed by atoms with Crippen molar-refractivity contribution in [3.05, 3.63) is 24.3 Å². The molecule has 0 rings (SSSR count). The first-order valence-corrected chi connectivity index (χ1v) is 9.99. The van der Waals surface area contributed by atoms with E-state index in [4.69, 9.17) is 9.53 Å². The smallest absolute Gasteiger partial charge is 0.330 e. The molecular formula is C16H30O3Si. The third-order valence-corrected chi connectivity index (χ3v) is 8.74. The summed E-state index contributed by atoms with van der Waals surface area (Å²) in [5.74, 6) is -0.865. The summed E-state index contributed by atoms with van der Waals surface area (Å²) in [4.78, 5) is 10.8. The van der Waals surface area contributed by atoms with Crippen molar-refractivity contribution in [2.45, 2.75) is 71.2 Å². The molecule has 20 heavy (non-hydrogen) atoms. The zero-order chi connectivity index (χ0) is 16.2. The maximum atomic E-state index is 10.8. The highest BCUT2D eigenvalue weighted by molar-refractivity contribution is 6.74. The Kier molecular flexibility index (Phi) is 6.43. The predicted molar refractivity (Wildman–Crippen MR) is 87.5 cm³/mol. The van der Waals surface area contributed by atoms with Gasteiger partial charge in [-0.3, -0.25) is 0 Å². The van der Waals surface area contributed by atoms with E-state index in [9.17, 15) is 4.79 Å². The van der Waals surface area contributed by atoms with E-state index in [2.05, 4.69) is 40.4 Å². The van der Waals surface area contributed by atoms with Gasteiger partial charge >= 0.3 is 5.97 Å². The molecule has 0 saturated carbocycles. The molecule has 0 saturated heterocycles. The van der Waals surface area contributed by atoms with Crippen LogP contribution in [0.2, 0.25) is 18.1 Å². The van der Waals surface area contributed by atoms with Gasteiger partial charge in [0.25, 0.3) is 0 Å². The van der Waals surface area contributed by atoms with Gasteiger partial charge < -0.3 is 9.53 Å². The van der Waals surface area contributed by atoms with Crippen LogP contribution in [-0.4, -0.2) is 25.0 Å². The molecule has 0 aliphatic rings. The van der Waals surface area contributed by atoms with Gasteiger partial charge in [0.15, 0.2) is 8.32 Å². The minimum atomic E-state index is -1.87. The number of carbonyl (C=O) groups is 1. The van der Waals surface area contributed by atoms with Gasteiger partial charge in [0.2, 0.25) is 0 Å². The van der Waals surface area contributed by atoms with E-state index in [-0.39, 0.29) is 5.04 Å². The summed E-state index contributed by atoms with van der Waals surface area (Å²) in [6.45, 7) is 18.6. The summed E-state index contributed by atoms with van der Waals surface area (Å²) in [6.07, 6.45) is 5.01. The molecule has 116 valence electrons. The number of carboxylic acid groups (broad SMARTS) is 1. The molecule has 1 N–H and O–H groups in total. The maximum absolute atomic E-state index is 10.8. The van der Waals surface area contributed by atoms with Gasteiger partial charge in [0, 0.05) is 5.57 Å². The first-order valence-electron chi connectivity index (χ1n) is 7.08. The molecule has 0 radical (unpaired) electrons. The first kappa shape index (κ1) is 19.1. The van der Waals surface area contributed by atoms with Crippen molar-refractivity contribution in [3.8, 4) is 0 Å². The Balaban J connectivity index is 4.84. The highest BCUT2D eigenvalue weighted by atomic mass is 28.4. The molecule has 3 nitrogen and oxygen atoms in total. The molecule has 0 heterocycles. The van der Waals surface area contributed by atoms with E-state index in [1.807, 2.05) is 13.0 Å². The molecule has 0 aliphatic heterocycles. The molecule has 0 aliphatic carbocycles. The average Bonchev–Trinajstić information content (AvgIpc) is 2.26. The maximum Gasteiger partial charge on any atom is 0.330 e. The molecular weight excluding hydrogens is 268 g/mol. The average molecular weight is 298 g/mol. The highest BCUT2D eigenvalue weighted by Gasteiger charge is 2.41. The van der Waals surface area contributed by atoms with Crippen molar-refractivity contribution in [1.82, 2.24) is 0 Å². The van der Waals surface area contributed by atoms with Crippen molar-refractivity contribution in [2.24, 2.45) is 0 Å². The van der Waals surface area contributed by atoms with E-state index < -0.39 is 19.9 Å².